The zero-order valence-electron chi connectivity index (χ0n) is 12.8. The van der Waals surface area contributed by atoms with E-state index in [0.717, 1.165) is 14.4 Å². The van der Waals surface area contributed by atoms with Crippen LogP contribution in [0.15, 0.2) is 58.5 Å². The number of benzene rings is 1. The van der Waals surface area contributed by atoms with Crippen LogP contribution in [0.3, 0.4) is 0 Å². The van der Waals surface area contributed by atoms with E-state index < -0.39 is 5.91 Å². The van der Waals surface area contributed by atoms with Crippen molar-refractivity contribution in [3.63, 3.8) is 0 Å². The van der Waals surface area contributed by atoms with Crippen LogP contribution in [0.4, 0.5) is 5.69 Å². The second kappa shape index (κ2) is 7.45. The third-order valence-electron chi connectivity index (χ3n) is 3.23. The van der Waals surface area contributed by atoms with E-state index in [1.54, 1.807) is 58.6 Å². The number of nitrogens with two attached hydrogens (primary N) is 1. The van der Waals surface area contributed by atoms with Gasteiger partial charge < -0.3 is 11.1 Å². The normalized spacial score (nSPS) is 10.9. The Hall–Kier alpha value is -2.71. The Morgan fingerprint density at radius 3 is 2.52 bits per heavy atom. The minimum Gasteiger partial charge on any atom is -0.364 e. The maximum Gasteiger partial charge on any atom is 0.269 e. The van der Waals surface area contributed by atoms with E-state index in [-0.39, 0.29) is 11.6 Å². The zero-order chi connectivity index (χ0) is 17.8. The summed E-state index contributed by atoms with van der Waals surface area (Å²) in [5.41, 5.74) is 6.80. The quantitative estimate of drug-likeness (QED) is 0.624. The van der Waals surface area contributed by atoms with E-state index in [1.165, 1.54) is 6.08 Å². The minimum absolute atomic E-state index is 0.197. The van der Waals surface area contributed by atoms with Gasteiger partial charge in [-0.05, 0) is 64.5 Å². The summed E-state index contributed by atoms with van der Waals surface area (Å²) in [5, 5.41) is 6.86. The van der Waals surface area contributed by atoms with Crippen molar-refractivity contribution >= 4 is 50.8 Å². The van der Waals surface area contributed by atoms with E-state index in [2.05, 4.69) is 26.3 Å². The summed E-state index contributed by atoms with van der Waals surface area (Å²) < 4.78 is 2.56. The van der Waals surface area contributed by atoms with Crippen LogP contribution in [-0.4, -0.2) is 21.6 Å². The lowest BCUT2D eigenvalue weighted by Crippen LogP contribution is -2.12. The second-order valence-corrected chi connectivity index (χ2v) is 7.52. The number of aromatic nitrogens is 2. The van der Waals surface area contributed by atoms with Crippen molar-refractivity contribution in [1.82, 2.24) is 9.78 Å². The molecule has 0 aliphatic heterocycles. The molecular weight excluding hydrogens is 404 g/mol. The predicted octanol–water partition coefficient (Wildman–Crippen LogP) is 3.45. The third kappa shape index (κ3) is 4.43. The highest BCUT2D eigenvalue weighted by Crippen LogP contribution is 2.23. The highest BCUT2D eigenvalue weighted by atomic mass is 79.9. The van der Waals surface area contributed by atoms with E-state index in [4.69, 9.17) is 5.73 Å². The average Bonchev–Trinajstić information content (AvgIpc) is 3.23. The number of nitrogens with one attached hydrogen (secondary N) is 1. The molecule has 0 saturated carbocycles. The molecular formula is C17H13BrN4O2S. The standard InChI is InChI=1S/C17H13BrN4O2S/c18-15-7-5-13(25-15)6-8-16(23)20-11-1-3-12(4-2-11)22-10-9-14(21-22)17(19)24/h1-10H,(H2,19,24)(H,20,23)/b8-6+. The molecule has 6 nitrogen and oxygen atoms in total. The van der Waals surface area contributed by atoms with Crippen LogP contribution in [0, 0.1) is 0 Å². The summed E-state index contributed by atoms with van der Waals surface area (Å²) in [6.45, 7) is 0. The SMILES string of the molecule is NC(=O)c1ccn(-c2ccc(NC(=O)/C=C/c3ccc(Br)s3)cc2)n1. The van der Waals surface area contributed by atoms with Gasteiger partial charge >= 0.3 is 0 Å². The van der Waals surface area contributed by atoms with E-state index in [9.17, 15) is 9.59 Å². The van der Waals surface area contributed by atoms with Crippen molar-refractivity contribution in [2.45, 2.75) is 0 Å². The zero-order valence-corrected chi connectivity index (χ0v) is 15.3. The Balaban J connectivity index is 1.64. The molecule has 0 fully saturated rings. The molecule has 0 saturated heterocycles. The van der Waals surface area contributed by atoms with Crippen LogP contribution >= 0.6 is 27.3 Å². The molecule has 126 valence electrons. The van der Waals surface area contributed by atoms with Crippen LogP contribution in [0.2, 0.25) is 0 Å². The molecule has 8 heteroatoms. The first kappa shape index (κ1) is 17.1. The fraction of sp³-hybridized carbons (Fsp3) is 0. The molecule has 0 bridgehead atoms. The van der Waals surface area contributed by atoms with Gasteiger partial charge in [0, 0.05) is 22.8 Å². The maximum atomic E-state index is 12.0. The third-order valence-corrected chi connectivity index (χ3v) is 4.82. The van der Waals surface area contributed by atoms with Crippen molar-refractivity contribution < 1.29 is 9.59 Å². The van der Waals surface area contributed by atoms with Gasteiger partial charge in [-0.15, -0.1) is 11.3 Å². The van der Waals surface area contributed by atoms with Gasteiger partial charge in [-0.2, -0.15) is 5.10 Å². The second-order valence-electron chi connectivity index (χ2n) is 5.02. The smallest absolute Gasteiger partial charge is 0.269 e. The van der Waals surface area contributed by atoms with Crippen LogP contribution < -0.4 is 11.1 Å². The van der Waals surface area contributed by atoms with Gasteiger partial charge in [-0.1, -0.05) is 0 Å². The van der Waals surface area contributed by atoms with Crippen LogP contribution in [0.5, 0.6) is 0 Å². The summed E-state index contributed by atoms with van der Waals surface area (Å²) in [5.74, 6) is -0.792. The van der Waals surface area contributed by atoms with Crippen LogP contribution in [0.25, 0.3) is 11.8 Å². The van der Waals surface area contributed by atoms with Gasteiger partial charge in [0.2, 0.25) is 5.91 Å². The fourth-order valence-electron chi connectivity index (χ4n) is 2.06. The lowest BCUT2D eigenvalue weighted by molar-refractivity contribution is -0.111. The molecule has 2 amide bonds. The van der Waals surface area contributed by atoms with Crippen molar-refractivity contribution in [2.75, 3.05) is 5.32 Å². The monoisotopic (exact) mass is 416 g/mol. The van der Waals surface area contributed by atoms with Crippen molar-refractivity contribution in [3.8, 4) is 5.69 Å². The molecule has 3 N–H and O–H groups in total. The molecule has 2 aromatic heterocycles. The van der Waals surface area contributed by atoms with Crippen molar-refractivity contribution in [1.29, 1.82) is 0 Å². The Morgan fingerprint density at radius 2 is 1.92 bits per heavy atom. The van der Waals surface area contributed by atoms with Crippen LogP contribution in [0.1, 0.15) is 15.4 Å². The number of hydrogen-bond donors (Lipinski definition) is 2. The first-order valence-corrected chi connectivity index (χ1v) is 8.82. The lowest BCUT2D eigenvalue weighted by Gasteiger charge is -2.05. The molecule has 0 aliphatic carbocycles. The molecule has 0 radical (unpaired) electrons. The minimum atomic E-state index is -0.577. The van der Waals surface area contributed by atoms with Gasteiger partial charge in [0.1, 0.15) is 5.69 Å². The number of rotatable bonds is 5. The van der Waals surface area contributed by atoms with Crippen molar-refractivity contribution in [3.05, 3.63) is 69.1 Å². The molecule has 3 aromatic rings. The largest absolute Gasteiger partial charge is 0.364 e. The Morgan fingerprint density at radius 1 is 1.16 bits per heavy atom. The predicted molar refractivity (Wildman–Crippen MR) is 102 cm³/mol. The van der Waals surface area contributed by atoms with Gasteiger partial charge in [0.25, 0.3) is 5.91 Å². The lowest BCUT2D eigenvalue weighted by atomic mass is 10.2. The number of anilines is 1. The van der Waals surface area contributed by atoms with Crippen LogP contribution in [-0.2, 0) is 4.79 Å². The number of carbonyl (C=O) groups is 2. The number of primary amides is 1. The number of thiophene rings is 1. The van der Waals surface area contributed by atoms with Gasteiger partial charge in [0.15, 0.2) is 0 Å². The molecule has 0 atom stereocenters. The molecule has 0 spiro atoms. The summed E-state index contributed by atoms with van der Waals surface area (Å²) in [6.07, 6.45) is 4.89. The number of halogens is 1. The van der Waals surface area contributed by atoms with Gasteiger partial charge in [-0.3, -0.25) is 9.59 Å². The first-order valence-electron chi connectivity index (χ1n) is 7.21. The number of amides is 2. The molecule has 25 heavy (non-hydrogen) atoms. The Kier molecular flexibility index (Phi) is 5.11. The molecule has 0 aliphatic rings. The summed E-state index contributed by atoms with van der Waals surface area (Å²) in [6, 6.07) is 12.5. The molecule has 3 rings (SSSR count). The molecule has 1 aromatic carbocycles. The number of nitrogens with zero attached hydrogens (tertiary/aromatic N) is 2. The first-order chi connectivity index (χ1) is 12.0. The van der Waals surface area contributed by atoms with Crippen molar-refractivity contribution in [2.24, 2.45) is 5.73 Å². The number of hydrogen-bond acceptors (Lipinski definition) is 4. The molecule has 0 unspecified atom stereocenters. The topological polar surface area (TPSA) is 90.0 Å². The van der Waals surface area contributed by atoms with E-state index in [0.29, 0.717) is 5.69 Å². The van der Waals surface area contributed by atoms with Gasteiger partial charge in [-0.25, -0.2) is 4.68 Å². The highest BCUT2D eigenvalue weighted by Gasteiger charge is 2.06. The Labute approximate surface area is 156 Å². The van der Waals surface area contributed by atoms with Gasteiger partial charge in [0.05, 0.1) is 9.47 Å². The summed E-state index contributed by atoms with van der Waals surface area (Å²) in [7, 11) is 0. The average molecular weight is 417 g/mol. The summed E-state index contributed by atoms with van der Waals surface area (Å²) in [4.78, 5) is 24.0. The Bertz CT molecular complexity index is 944. The molecule has 2 heterocycles. The number of carbonyl (C=O) groups excluding carboxylic acids is 2. The van der Waals surface area contributed by atoms with E-state index >= 15 is 0 Å². The van der Waals surface area contributed by atoms with E-state index in [1.807, 2.05) is 12.1 Å². The highest BCUT2D eigenvalue weighted by molar-refractivity contribution is 9.11. The fourth-order valence-corrected chi connectivity index (χ4v) is 3.38. The maximum absolute atomic E-state index is 12.0. The summed E-state index contributed by atoms with van der Waals surface area (Å²) >= 11 is 4.93.